The number of carbonyl (C=O) groups excluding carboxylic acids is 1. The minimum atomic E-state index is -0.204. The van der Waals surface area contributed by atoms with E-state index in [2.05, 4.69) is 24.1 Å². The average Bonchev–Trinajstić information content (AvgIpc) is 2.88. The first-order chi connectivity index (χ1) is 11.6. The summed E-state index contributed by atoms with van der Waals surface area (Å²) in [5, 5.41) is 3.29. The van der Waals surface area contributed by atoms with Crippen molar-refractivity contribution < 1.29 is 4.79 Å². The lowest BCUT2D eigenvalue weighted by Crippen LogP contribution is -2.10. The topological polar surface area (TPSA) is 46.4 Å². The molecule has 0 fully saturated rings. The van der Waals surface area contributed by atoms with E-state index in [1.807, 2.05) is 53.1 Å². The van der Waals surface area contributed by atoms with Crippen molar-refractivity contribution in [2.24, 2.45) is 0 Å². The number of pyridine rings is 1. The van der Waals surface area contributed by atoms with E-state index >= 15 is 0 Å². The zero-order valence-corrected chi connectivity index (χ0v) is 14.3. The number of imidazole rings is 1. The molecule has 0 radical (unpaired) electrons. The first-order valence-corrected chi connectivity index (χ1v) is 8.14. The van der Waals surface area contributed by atoms with Crippen molar-refractivity contribution in [3.05, 3.63) is 71.1 Å². The van der Waals surface area contributed by atoms with E-state index in [1.54, 1.807) is 6.08 Å². The van der Waals surface area contributed by atoms with Gasteiger partial charge >= 0.3 is 0 Å². The van der Waals surface area contributed by atoms with Crippen LogP contribution in [0, 0.1) is 0 Å². The van der Waals surface area contributed by atoms with Gasteiger partial charge in [-0.25, -0.2) is 4.98 Å². The van der Waals surface area contributed by atoms with Gasteiger partial charge in [0.15, 0.2) is 5.15 Å². The largest absolute Gasteiger partial charge is 0.322 e. The zero-order chi connectivity index (χ0) is 17.1. The lowest BCUT2D eigenvalue weighted by Gasteiger charge is -2.12. The number of halogens is 1. The van der Waals surface area contributed by atoms with Gasteiger partial charge in [0, 0.05) is 18.0 Å². The van der Waals surface area contributed by atoms with Crippen molar-refractivity contribution in [2.75, 3.05) is 5.32 Å². The molecule has 0 spiro atoms. The standard InChI is InChI=1S/C19H18ClN3O/c1-13(2)14-7-3-4-8-15(14)21-18(24)11-10-16-19(20)22-17-9-5-6-12-23(16)17/h3-13H,1-2H3,(H,21,24)/b11-10+. The summed E-state index contributed by atoms with van der Waals surface area (Å²) in [5.41, 5.74) is 3.35. The molecule has 0 saturated carbocycles. The number of carbonyl (C=O) groups is 1. The number of nitrogens with one attached hydrogen (secondary N) is 1. The summed E-state index contributed by atoms with van der Waals surface area (Å²) in [6.45, 7) is 4.19. The Morgan fingerprint density at radius 1 is 1.21 bits per heavy atom. The van der Waals surface area contributed by atoms with Crippen LogP contribution in [0.15, 0.2) is 54.7 Å². The average molecular weight is 340 g/mol. The number of nitrogens with zero attached hydrogens (tertiary/aromatic N) is 2. The van der Waals surface area contributed by atoms with E-state index < -0.39 is 0 Å². The molecule has 0 aliphatic heterocycles. The van der Waals surface area contributed by atoms with Gasteiger partial charge in [0.25, 0.3) is 0 Å². The van der Waals surface area contributed by atoms with Gasteiger partial charge in [-0.15, -0.1) is 0 Å². The Hall–Kier alpha value is -2.59. The second-order valence-electron chi connectivity index (χ2n) is 5.78. The van der Waals surface area contributed by atoms with Gasteiger partial charge in [-0.3, -0.25) is 9.20 Å². The Labute approximate surface area is 145 Å². The number of hydrogen-bond acceptors (Lipinski definition) is 2. The van der Waals surface area contributed by atoms with E-state index in [1.165, 1.54) is 6.08 Å². The van der Waals surface area contributed by atoms with Crippen molar-refractivity contribution >= 4 is 34.9 Å². The smallest absolute Gasteiger partial charge is 0.248 e. The fraction of sp³-hybridized carbons (Fsp3) is 0.158. The third kappa shape index (κ3) is 3.34. The molecule has 5 heteroatoms. The number of benzene rings is 1. The molecule has 3 rings (SSSR count). The highest BCUT2D eigenvalue weighted by Crippen LogP contribution is 2.24. The molecular weight excluding hydrogens is 322 g/mol. The van der Waals surface area contributed by atoms with Crippen LogP contribution in [0.5, 0.6) is 0 Å². The summed E-state index contributed by atoms with van der Waals surface area (Å²) >= 11 is 6.16. The number of fused-ring (bicyclic) bond motifs is 1. The molecule has 1 N–H and O–H groups in total. The van der Waals surface area contributed by atoms with Crippen molar-refractivity contribution in [1.82, 2.24) is 9.38 Å². The fourth-order valence-corrected chi connectivity index (χ4v) is 2.82. The van der Waals surface area contributed by atoms with E-state index in [0.717, 1.165) is 16.9 Å². The number of rotatable bonds is 4. The van der Waals surface area contributed by atoms with Crippen LogP contribution in [0.25, 0.3) is 11.7 Å². The summed E-state index contributed by atoms with van der Waals surface area (Å²) in [7, 11) is 0. The van der Waals surface area contributed by atoms with Crippen LogP contribution >= 0.6 is 11.6 Å². The highest BCUT2D eigenvalue weighted by Gasteiger charge is 2.09. The first kappa shape index (κ1) is 16.3. The maximum absolute atomic E-state index is 12.3. The minimum absolute atomic E-state index is 0.204. The Kier molecular flexibility index (Phi) is 4.67. The normalized spacial score (nSPS) is 11.5. The molecule has 1 aromatic carbocycles. The van der Waals surface area contributed by atoms with Gasteiger partial charge in [-0.1, -0.05) is 49.7 Å². The Bertz CT molecular complexity index is 912. The molecule has 4 nitrogen and oxygen atoms in total. The third-order valence-electron chi connectivity index (χ3n) is 3.76. The van der Waals surface area contributed by atoms with Crippen molar-refractivity contribution in [3.63, 3.8) is 0 Å². The monoisotopic (exact) mass is 339 g/mol. The molecule has 0 aliphatic carbocycles. The molecule has 0 bridgehead atoms. The number of anilines is 1. The van der Waals surface area contributed by atoms with Crippen LogP contribution in [-0.4, -0.2) is 15.3 Å². The predicted octanol–water partition coefficient (Wildman–Crippen LogP) is 4.76. The Morgan fingerprint density at radius 2 is 1.96 bits per heavy atom. The van der Waals surface area contributed by atoms with Crippen LogP contribution in [-0.2, 0) is 4.79 Å². The second-order valence-corrected chi connectivity index (χ2v) is 6.14. The van der Waals surface area contributed by atoms with Crippen LogP contribution in [0.1, 0.15) is 31.0 Å². The molecule has 122 valence electrons. The van der Waals surface area contributed by atoms with E-state index in [0.29, 0.717) is 16.8 Å². The van der Waals surface area contributed by atoms with Crippen LogP contribution in [0.3, 0.4) is 0 Å². The maximum atomic E-state index is 12.3. The van der Waals surface area contributed by atoms with Crippen LogP contribution < -0.4 is 5.32 Å². The lowest BCUT2D eigenvalue weighted by molar-refractivity contribution is -0.111. The van der Waals surface area contributed by atoms with Crippen molar-refractivity contribution in [3.8, 4) is 0 Å². The highest BCUT2D eigenvalue weighted by molar-refractivity contribution is 6.31. The summed E-state index contributed by atoms with van der Waals surface area (Å²) in [6, 6.07) is 13.4. The molecule has 1 amide bonds. The summed E-state index contributed by atoms with van der Waals surface area (Å²) in [6.07, 6.45) is 5.01. The summed E-state index contributed by atoms with van der Waals surface area (Å²) in [4.78, 5) is 16.5. The molecular formula is C19H18ClN3O. The van der Waals surface area contributed by atoms with E-state index in [9.17, 15) is 4.79 Å². The predicted molar refractivity (Wildman–Crippen MR) is 98.4 cm³/mol. The van der Waals surface area contributed by atoms with Gasteiger partial charge < -0.3 is 5.32 Å². The number of hydrogen-bond donors (Lipinski definition) is 1. The van der Waals surface area contributed by atoms with Gasteiger partial charge in [0.05, 0.1) is 5.69 Å². The van der Waals surface area contributed by atoms with Crippen molar-refractivity contribution in [1.29, 1.82) is 0 Å². The molecule has 2 aromatic heterocycles. The zero-order valence-electron chi connectivity index (χ0n) is 13.5. The fourth-order valence-electron chi connectivity index (χ4n) is 2.58. The maximum Gasteiger partial charge on any atom is 0.248 e. The van der Waals surface area contributed by atoms with Gasteiger partial charge in [0.2, 0.25) is 5.91 Å². The molecule has 0 saturated heterocycles. The minimum Gasteiger partial charge on any atom is -0.322 e. The third-order valence-corrected chi connectivity index (χ3v) is 4.03. The molecule has 0 unspecified atom stereocenters. The van der Waals surface area contributed by atoms with E-state index in [-0.39, 0.29) is 5.91 Å². The number of para-hydroxylation sites is 1. The Morgan fingerprint density at radius 3 is 2.75 bits per heavy atom. The second kappa shape index (κ2) is 6.89. The Balaban J connectivity index is 1.82. The first-order valence-electron chi connectivity index (χ1n) is 7.77. The molecule has 24 heavy (non-hydrogen) atoms. The van der Waals surface area contributed by atoms with Gasteiger partial charge in [-0.2, -0.15) is 0 Å². The molecule has 0 atom stereocenters. The lowest BCUT2D eigenvalue weighted by atomic mass is 10.0. The van der Waals surface area contributed by atoms with Crippen LogP contribution in [0.2, 0.25) is 5.15 Å². The highest BCUT2D eigenvalue weighted by atomic mass is 35.5. The van der Waals surface area contributed by atoms with Gasteiger partial charge in [0.1, 0.15) is 5.65 Å². The molecule has 0 aliphatic rings. The van der Waals surface area contributed by atoms with E-state index in [4.69, 9.17) is 11.6 Å². The number of aromatic nitrogens is 2. The summed E-state index contributed by atoms with van der Waals surface area (Å²) in [5.74, 6) is 0.128. The van der Waals surface area contributed by atoms with Crippen molar-refractivity contribution in [2.45, 2.75) is 19.8 Å². The molecule has 2 heterocycles. The SMILES string of the molecule is CC(C)c1ccccc1NC(=O)/C=C/c1c(Cl)nc2ccccn12. The van der Waals surface area contributed by atoms with Gasteiger partial charge in [-0.05, 0) is 35.8 Å². The number of amides is 1. The molecule has 3 aromatic rings. The summed E-state index contributed by atoms with van der Waals surface area (Å²) < 4.78 is 1.84. The van der Waals surface area contributed by atoms with Crippen LogP contribution in [0.4, 0.5) is 5.69 Å². The quantitative estimate of drug-likeness (QED) is 0.696.